The Kier molecular flexibility index (Phi) is 5.20. The number of carbonyl (C=O) groups excluding carboxylic acids is 1. The lowest BCUT2D eigenvalue weighted by Gasteiger charge is -2.08. The number of aliphatic hydroxyl groups is 1. The Balaban J connectivity index is 1.97. The van der Waals surface area contributed by atoms with Gasteiger partial charge in [-0.1, -0.05) is 36.3 Å². The fraction of sp³-hybridized carbons (Fsp3) is 0.471. The molecule has 106 valence electrons. The highest BCUT2D eigenvalue weighted by molar-refractivity contribution is 5.96. The van der Waals surface area contributed by atoms with Crippen LogP contribution in [0.3, 0.4) is 0 Å². The monoisotopic (exact) mass is 271 g/mol. The molecule has 1 aliphatic rings. The van der Waals surface area contributed by atoms with Crippen LogP contribution >= 0.6 is 0 Å². The van der Waals surface area contributed by atoms with Crippen molar-refractivity contribution in [3.8, 4) is 11.8 Å². The van der Waals surface area contributed by atoms with Gasteiger partial charge in [-0.15, -0.1) is 0 Å². The van der Waals surface area contributed by atoms with Crippen LogP contribution < -0.4 is 5.32 Å². The van der Waals surface area contributed by atoms with Gasteiger partial charge in [-0.05, 0) is 37.8 Å². The van der Waals surface area contributed by atoms with Gasteiger partial charge in [0.05, 0.1) is 5.56 Å². The maximum Gasteiger partial charge on any atom is 0.252 e. The summed E-state index contributed by atoms with van der Waals surface area (Å²) in [5, 5.41) is 11.7. The predicted octanol–water partition coefficient (Wildman–Crippen LogP) is 2.26. The molecule has 3 heteroatoms. The first-order valence-electron chi connectivity index (χ1n) is 7.19. The van der Waals surface area contributed by atoms with Gasteiger partial charge in [-0.2, -0.15) is 0 Å². The van der Waals surface area contributed by atoms with Crippen molar-refractivity contribution in [2.24, 2.45) is 5.92 Å². The summed E-state index contributed by atoms with van der Waals surface area (Å²) in [6, 6.07) is 5.60. The lowest BCUT2D eigenvalue weighted by Crippen LogP contribution is -2.25. The Morgan fingerprint density at radius 3 is 2.95 bits per heavy atom. The van der Waals surface area contributed by atoms with Gasteiger partial charge in [0, 0.05) is 12.1 Å². The molecule has 0 saturated heterocycles. The molecule has 1 aromatic carbocycles. The minimum Gasteiger partial charge on any atom is -0.384 e. The van der Waals surface area contributed by atoms with Crippen LogP contribution in [0.15, 0.2) is 18.2 Å². The molecular weight excluding hydrogens is 250 g/mol. The molecule has 0 heterocycles. The van der Waals surface area contributed by atoms with E-state index in [4.69, 9.17) is 5.11 Å². The van der Waals surface area contributed by atoms with Crippen LogP contribution in [0.1, 0.15) is 47.2 Å². The van der Waals surface area contributed by atoms with E-state index in [0.29, 0.717) is 11.1 Å². The Labute approximate surface area is 120 Å². The highest BCUT2D eigenvalue weighted by Crippen LogP contribution is 2.33. The Morgan fingerprint density at radius 2 is 2.25 bits per heavy atom. The van der Waals surface area contributed by atoms with Crippen molar-refractivity contribution in [1.29, 1.82) is 0 Å². The molecule has 1 amide bonds. The maximum absolute atomic E-state index is 12.2. The number of hydrogen-bond donors (Lipinski definition) is 2. The molecular formula is C17H21NO2. The number of carbonyl (C=O) groups is 1. The lowest BCUT2D eigenvalue weighted by atomic mass is 10.0. The van der Waals surface area contributed by atoms with Crippen molar-refractivity contribution in [1.82, 2.24) is 5.32 Å². The molecule has 1 aromatic rings. The van der Waals surface area contributed by atoms with E-state index in [1.807, 2.05) is 25.1 Å². The quantitative estimate of drug-likeness (QED) is 0.637. The molecule has 3 nitrogen and oxygen atoms in total. The zero-order chi connectivity index (χ0) is 14.4. The minimum atomic E-state index is -0.198. The summed E-state index contributed by atoms with van der Waals surface area (Å²) in [4.78, 5) is 12.2. The molecule has 0 spiro atoms. The summed E-state index contributed by atoms with van der Waals surface area (Å²) in [5.41, 5.74) is 2.30. The van der Waals surface area contributed by atoms with Crippen LogP contribution in [0.4, 0.5) is 0 Å². The number of amides is 1. The Morgan fingerprint density at radius 1 is 1.45 bits per heavy atom. The number of nitrogens with one attached hydrogen (secondary N) is 1. The fourth-order valence-corrected chi connectivity index (χ4v) is 2.18. The zero-order valence-corrected chi connectivity index (χ0v) is 11.9. The van der Waals surface area contributed by atoms with E-state index in [9.17, 15) is 4.79 Å². The van der Waals surface area contributed by atoms with Gasteiger partial charge < -0.3 is 10.4 Å². The average molecular weight is 271 g/mol. The third-order valence-electron chi connectivity index (χ3n) is 3.49. The van der Waals surface area contributed by atoms with Crippen LogP contribution in [-0.2, 0) is 0 Å². The van der Waals surface area contributed by atoms with Gasteiger partial charge in [0.15, 0.2) is 0 Å². The lowest BCUT2D eigenvalue weighted by molar-refractivity contribution is 0.0952. The molecule has 0 aromatic heterocycles. The van der Waals surface area contributed by atoms with E-state index in [-0.39, 0.29) is 12.5 Å². The van der Waals surface area contributed by atoms with Gasteiger partial charge in [0.25, 0.3) is 5.91 Å². The molecule has 0 bridgehead atoms. The van der Waals surface area contributed by atoms with Crippen LogP contribution in [0.2, 0.25) is 0 Å². The van der Waals surface area contributed by atoms with E-state index in [2.05, 4.69) is 17.2 Å². The predicted molar refractivity (Wildman–Crippen MR) is 79.4 cm³/mol. The van der Waals surface area contributed by atoms with E-state index in [1.165, 1.54) is 19.3 Å². The van der Waals surface area contributed by atoms with Crippen molar-refractivity contribution in [2.75, 3.05) is 13.2 Å². The molecule has 1 aliphatic carbocycles. The summed E-state index contributed by atoms with van der Waals surface area (Å²) in [6.07, 6.45) is 4.96. The van der Waals surface area contributed by atoms with Crippen molar-refractivity contribution < 1.29 is 9.90 Å². The molecule has 2 rings (SSSR count). The normalized spacial score (nSPS) is 13.5. The standard InChI is InChI=1S/C17H21NO2/c1-13-6-9-15(5-3-11-19)16(12-13)17(20)18-10-2-4-14-7-8-14/h6,9,12,14,19H,2,4,7-8,10-11H2,1H3,(H,18,20). The van der Waals surface area contributed by atoms with Crippen molar-refractivity contribution >= 4 is 5.91 Å². The smallest absolute Gasteiger partial charge is 0.252 e. The highest BCUT2D eigenvalue weighted by atomic mass is 16.2. The summed E-state index contributed by atoms with van der Waals surface area (Å²) in [6.45, 7) is 2.47. The number of aryl methyl sites for hydroxylation is 1. The zero-order valence-electron chi connectivity index (χ0n) is 11.9. The molecule has 1 fully saturated rings. The molecule has 0 aliphatic heterocycles. The largest absolute Gasteiger partial charge is 0.384 e. The number of rotatable bonds is 5. The molecule has 1 saturated carbocycles. The average Bonchev–Trinajstić information content (AvgIpc) is 3.26. The first kappa shape index (κ1) is 14.6. The molecule has 2 N–H and O–H groups in total. The molecule has 0 radical (unpaired) electrons. The highest BCUT2D eigenvalue weighted by Gasteiger charge is 2.20. The summed E-state index contributed by atoms with van der Waals surface area (Å²) in [7, 11) is 0. The van der Waals surface area contributed by atoms with Crippen molar-refractivity contribution in [3.05, 3.63) is 34.9 Å². The summed E-state index contributed by atoms with van der Waals surface area (Å²) < 4.78 is 0. The maximum atomic E-state index is 12.2. The van der Waals surface area contributed by atoms with E-state index >= 15 is 0 Å². The van der Waals surface area contributed by atoms with E-state index in [1.54, 1.807) is 0 Å². The second-order valence-corrected chi connectivity index (χ2v) is 5.35. The van der Waals surface area contributed by atoms with Crippen LogP contribution in [0.25, 0.3) is 0 Å². The number of benzene rings is 1. The van der Waals surface area contributed by atoms with Gasteiger partial charge in [-0.25, -0.2) is 0 Å². The second kappa shape index (κ2) is 7.12. The third-order valence-corrected chi connectivity index (χ3v) is 3.49. The van der Waals surface area contributed by atoms with Crippen molar-refractivity contribution in [3.63, 3.8) is 0 Å². The fourth-order valence-electron chi connectivity index (χ4n) is 2.18. The summed E-state index contributed by atoms with van der Waals surface area (Å²) >= 11 is 0. The molecule has 0 unspecified atom stereocenters. The first-order valence-corrected chi connectivity index (χ1v) is 7.19. The van der Waals surface area contributed by atoms with E-state index < -0.39 is 0 Å². The number of hydrogen-bond acceptors (Lipinski definition) is 2. The Bertz CT molecular complexity index is 536. The van der Waals surface area contributed by atoms with Crippen LogP contribution in [-0.4, -0.2) is 24.2 Å². The van der Waals surface area contributed by atoms with E-state index in [0.717, 1.165) is 24.4 Å². The molecule has 20 heavy (non-hydrogen) atoms. The first-order chi connectivity index (χ1) is 9.70. The van der Waals surface area contributed by atoms with Gasteiger partial charge in [-0.3, -0.25) is 4.79 Å². The second-order valence-electron chi connectivity index (χ2n) is 5.35. The van der Waals surface area contributed by atoms with Crippen LogP contribution in [0, 0.1) is 24.7 Å². The molecule has 0 atom stereocenters. The van der Waals surface area contributed by atoms with Crippen LogP contribution in [0.5, 0.6) is 0 Å². The summed E-state index contributed by atoms with van der Waals surface area (Å²) in [5.74, 6) is 6.25. The van der Waals surface area contributed by atoms with Gasteiger partial charge in [0.2, 0.25) is 0 Å². The topological polar surface area (TPSA) is 49.3 Å². The van der Waals surface area contributed by atoms with Gasteiger partial charge >= 0.3 is 0 Å². The third kappa shape index (κ3) is 4.40. The number of aliphatic hydroxyl groups excluding tert-OH is 1. The van der Waals surface area contributed by atoms with Gasteiger partial charge in [0.1, 0.15) is 6.61 Å². The minimum absolute atomic E-state index is 0.0771. The SMILES string of the molecule is Cc1ccc(C#CCO)c(C(=O)NCCCC2CC2)c1. The van der Waals surface area contributed by atoms with Crippen molar-refractivity contribution in [2.45, 2.75) is 32.6 Å². The Hall–Kier alpha value is -1.79.